The van der Waals surface area contributed by atoms with Crippen molar-refractivity contribution in [2.24, 2.45) is 7.05 Å². The Hall–Kier alpha value is -1.36. The van der Waals surface area contributed by atoms with E-state index in [1.807, 2.05) is 24.3 Å². The summed E-state index contributed by atoms with van der Waals surface area (Å²) in [7, 11) is 1.90. The second kappa shape index (κ2) is 5.52. The zero-order valence-electron chi connectivity index (χ0n) is 11.4. The van der Waals surface area contributed by atoms with Crippen molar-refractivity contribution in [3.05, 3.63) is 18.0 Å². The van der Waals surface area contributed by atoms with Gasteiger partial charge < -0.3 is 10.2 Å². The Labute approximate surface area is 108 Å². The van der Waals surface area contributed by atoms with Crippen molar-refractivity contribution < 1.29 is 4.79 Å². The molecule has 0 spiro atoms. The lowest BCUT2D eigenvalue weighted by Gasteiger charge is -2.24. The number of likely N-dealkylation sites (tertiary alicyclic amines) is 1. The van der Waals surface area contributed by atoms with E-state index in [0.717, 1.165) is 31.5 Å². The van der Waals surface area contributed by atoms with Gasteiger partial charge in [-0.3, -0.25) is 9.48 Å². The molecule has 2 heterocycles. The number of carbonyl (C=O) groups excluding carboxylic acids is 1. The molecule has 2 atom stereocenters. The van der Waals surface area contributed by atoms with Crippen molar-refractivity contribution >= 4 is 5.91 Å². The monoisotopic (exact) mass is 250 g/mol. The van der Waals surface area contributed by atoms with Crippen LogP contribution in [-0.2, 0) is 11.8 Å². The fraction of sp³-hybridized carbons (Fsp3) is 0.692. The van der Waals surface area contributed by atoms with Crippen LogP contribution in [0, 0.1) is 0 Å². The standard InChI is InChI=1S/C13H22N4O/c1-4-6-14-12-5-7-17(13(12)18)10(2)11-8-15-16(3)9-11/h8-10,12,14H,4-7H2,1-3H3. The predicted octanol–water partition coefficient (Wildman–Crippen LogP) is 1.08. The van der Waals surface area contributed by atoms with Crippen molar-refractivity contribution in [1.82, 2.24) is 20.0 Å². The molecule has 1 aromatic heterocycles. The van der Waals surface area contributed by atoms with Gasteiger partial charge in [-0.05, 0) is 26.3 Å². The van der Waals surface area contributed by atoms with E-state index in [4.69, 9.17) is 0 Å². The van der Waals surface area contributed by atoms with Crippen molar-refractivity contribution in [2.75, 3.05) is 13.1 Å². The lowest BCUT2D eigenvalue weighted by atomic mass is 10.1. The van der Waals surface area contributed by atoms with Crippen LogP contribution in [0.15, 0.2) is 12.4 Å². The first-order valence-electron chi connectivity index (χ1n) is 6.66. The molecule has 0 radical (unpaired) electrons. The highest BCUT2D eigenvalue weighted by Gasteiger charge is 2.34. The van der Waals surface area contributed by atoms with Crippen molar-refractivity contribution in [3.8, 4) is 0 Å². The van der Waals surface area contributed by atoms with E-state index in [1.54, 1.807) is 4.68 Å². The Kier molecular flexibility index (Phi) is 4.01. The topological polar surface area (TPSA) is 50.2 Å². The molecule has 0 saturated carbocycles. The van der Waals surface area contributed by atoms with Crippen LogP contribution in [0.25, 0.3) is 0 Å². The summed E-state index contributed by atoms with van der Waals surface area (Å²) in [5.74, 6) is 0.222. The highest BCUT2D eigenvalue weighted by Crippen LogP contribution is 2.25. The maximum atomic E-state index is 12.3. The fourth-order valence-electron chi connectivity index (χ4n) is 2.43. The van der Waals surface area contributed by atoms with E-state index in [9.17, 15) is 4.79 Å². The molecule has 2 unspecified atom stereocenters. The summed E-state index contributed by atoms with van der Waals surface area (Å²) in [4.78, 5) is 14.2. The number of nitrogens with zero attached hydrogens (tertiary/aromatic N) is 3. The van der Waals surface area contributed by atoms with Crippen LogP contribution >= 0.6 is 0 Å². The minimum atomic E-state index is 0.00377. The molecule has 1 amide bonds. The molecule has 1 aliphatic rings. The Bertz CT molecular complexity index is 415. The maximum absolute atomic E-state index is 12.3. The summed E-state index contributed by atoms with van der Waals surface area (Å²) >= 11 is 0. The van der Waals surface area contributed by atoms with E-state index in [2.05, 4.69) is 24.3 Å². The quantitative estimate of drug-likeness (QED) is 0.851. The Morgan fingerprint density at radius 3 is 3.00 bits per heavy atom. The number of hydrogen-bond donors (Lipinski definition) is 1. The molecule has 5 heteroatoms. The van der Waals surface area contributed by atoms with E-state index < -0.39 is 0 Å². The first-order valence-corrected chi connectivity index (χ1v) is 6.66. The van der Waals surface area contributed by atoms with Crippen molar-refractivity contribution in [3.63, 3.8) is 0 Å². The summed E-state index contributed by atoms with van der Waals surface area (Å²) in [5.41, 5.74) is 1.10. The van der Waals surface area contributed by atoms with Crippen LogP contribution in [-0.4, -0.2) is 39.7 Å². The minimum Gasteiger partial charge on any atom is -0.334 e. The predicted molar refractivity (Wildman–Crippen MR) is 70.0 cm³/mol. The van der Waals surface area contributed by atoms with Gasteiger partial charge in [0, 0.05) is 25.4 Å². The van der Waals surface area contributed by atoms with Crippen molar-refractivity contribution in [1.29, 1.82) is 0 Å². The van der Waals surface area contributed by atoms with Crippen LogP contribution in [0.3, 0.4) is 0 Å². The molecular formula is C13H22N4O. The fourth-order valence-corrected chi connectivity index (χ4v) is 2.43. The van der Waals surface area contributed by atoms with Crippen LogP contribution in [0.2, 0.25) is 0 Å². The van der Waals surface area contributed by atoms with Gasteiger partial charge in [-0.25, -0.2) is 0 Å². The average Bonchev–Trinajstić information content (AvgIpc) is 2.93. The van der Waals surface area contributed by atoms with E-state index >= 15 is 0 Å². The molecule has 1 saturated heterocycles. The third kappa shape index (κ3) is 2.56. The van der Waals surface area contributed by atoms with Gasteiger partial charge in [0.25, 0.3) is 0 Å². The highest BCUT2D eigenvalue weighted by atomic mass is 16.2. The molecule has 0 aromatic carbocycles. The zero-order chi connectivity index (χ0) is 13.1. The summed E-state index contributed by atoms with van der Waals surface area (Å²) in [5, 5.41) is 7.48. The average molecular weight is 250 g/mol. The smallest absolute Gasteiger partial charge is 0.240 e. The lowest BCUT2D eigenvalue weighted by molar-refractivity contribution is -0.131. The Morgan fingerprint density at radius 2 is 2.39 bits per heavy atom. The van der Waals surface area contributed by atoms with Gasteiger partial charge in [-0.1, -0.05) is 6.92 Å². The van der Waals surface area contributed by atoms with Crippen LogP contribution in [0.4, 0.5) is 0 Å². The molecule has 1 fully saturated rings. The largest absolute Gasteiger partial charge is 0.334 e. The molecule has 100 valence electrons. The molecule has 0 bridgehead atoms. The third-order valence-corrected chi connectivity index (χ3v) is 3.56. The summed E-state index contributed by atoms with van der Waals surface area (Å²) in [6.45, 7) is 5.92. The van der Waals surface area contributed by atoms with Crippen molar-refractivity contribution in [2.45, 2.75) is 38.8 Å². The normalized spacial score (nSPS) is 21.6. The number of aryl methyl sites for hydroxylation is 1. The van der Waals surface area contributed by atoms with Crippen LogP contribution in [0.5, 0.6) is 0 Å². The molecule has 0 aliphatic carbocycles. The van der Waals surface area contributed by atoms with E-state index in [-0.39, 0.29) is 18.0 Å². The van der Waals surface area contributed by atoms with Crippen LogP contribution < -0.4 is 5.32 Å². The molecule has 1 N–H and O–H groups in total. The molecule has 2 rings (SSSR count). The molecule has 1 aromatic rings. The van der Waals surface area contributed by atoms with Gasteiger partial charge in [0.05, 0.1) is 18.3 Å². The molecule has 18 heavy (non-hydrogen) atoms. The lowest BCUT2D eigenvalue weighted by Crippen LogP contribution is -2.39. The summed E-state index contributed by atoms with van der Waals surface area (Å²) < 4.78 is 1.78. The maximum Gasteiger partial charge on any atom is 0.240 e. The number of rotatable bonds is 5. The minimum absolute atomic E-state index is 0.00377. The SMILES string of the molecule is CCCNC1CCN(C(C)c2cnn(C)c2)C1=O. The Morgan fingerprint density at radius 1 is 1.61 bits per heavy atom. The number of aromatic nitrogens is 2. The van der Waals surface area contributed by atoms with Crippen LogP contribution in [0.1, 0.15) is 38.3 Å². The number of nitrogens with one attached hydrogen (secondary N) is 1. The zero-order valence-corrected chi connectivity index (χ0v) is 11.4. The summed E-state index contributed by atoms with van der Waals surface area (Å²) in [6.07, 6.45) is 5.78. The van der Waals surface area contributed by atoms with Gasteiger partial charge in [-0.2, -0.15) is 5.10 Å². The number of hydrogen-bond acceptors (Lipinski definition) is 3. The highest BCUT2D eigenvalue weighted by molar-refractivity contribution is 5.84. The first-order chi connectivity index (χ1) is 8.63. The second-order valence-corrected chi connectivity index (χ2v) is 4.95. The van der Waals surface area contributed by atoms with Gasteiger partial charge in [0.1, 0.15) is 0 Å². The van der Waals surface area contributed by atoms with E-state index in [0.29, 0.717) is 0 Å². The van der Waals surface area contributed by atoms with Gasteiger partial charge in [0.15, 0.2) is 0 Å². The molecule has 5 nitrogen and oxygen atoms in total. The second-order valence-electron chi connectivity index (χ2n) is 4.95. The van der Waals surface area contributed by atoms with Gasteiger partial charge in [-0.15, -0.1) is 0 Å². The number of carbonyl (C=O) groups is 1. The van der Waals surface area contributed by atoms with Gasteiger partial charge in [0.2, 0.25) is 5.91 Å². The number of amides is 1. The first kappa shape index (κ1) is 13.1. The molecular weight excluding hydrogens is 228 g/mol. The van der Waals surface area contributed by atoms with Gasteiger partial charge >= 0.3 is 0 Å². The summed E-state index contributed by atoms with van der Waals surface area (Å²) in [6, 6.07) is 0.115. The molecule has 1 aliphatic heterocycles. The Balaban J connectivity index is 2.00. The third-order valence-electron chi connectivity index (χ3n) is 3.56. The van der Waals surface area contributed by atoms with E-state index in [1.165, 1.54) is 0 Å².